The van der Waals surface area contributed by atoms with E-state index in [0.29, 0.717) is 25.7 Å². The lowest BCUT2D eigenvalue weighted by atomic mass is 10.2. The van der Waals surface area contributed by atoms with E-state index < -0.39 is 0 Å². The molecule has 0 spiro atoms. The summed E-state index contributed by atoms with van der Waals surface area (Å²) in [5.41, 5.74) is 0.875. The van der Waals surface area contributed by atoms with Crippen molar-refractivity contribution in [3.63, 3.8) is 0 Å². The summed E-state index contributed by atoms with van der Waals surface area (Å²) in [4.78, 5) is 14.0. The lowest BCUT2D eigenvalue weighted by Gasteiger charge is -2.29. The summed E-state index contributed by atoms with van der Waals surface area (Å²) in [5, 5.41) is 3.23. The molecular formula is C14H20N2O2. The molecule has 1 aliphatic rings. The average Bonchev–Trinajstić information content (AvgIpc) is 2.43. The van der Waals surface area contributed by atoms with E-state index in [9.17, 15) is 4.79 Å². The maximum absolute atomic E-state index is 12.2. The summed E-state index contributed by atoms with van der Waals surface area (Å²) in [5.74, 6) is 0.895. The van der Waals surface area contributed by atoms with Crippen molar-refractivity contribution in [2.24, 2.45) is 0 Å². The number of hydrogen-bond acceptors (Lipinski definition) is 3. The minimum Gasteiger partial charge on any atom is -0.490 e. The van der Waals surface area contributed by atoms with Crippen molar-refractivity contribution in [1.82, 2.24) is 5.32 Å². The Balaban J connectivity index is 2.04. The van der Waals surface area contributed by atoms with E-state index in [1.165, 1.54) is 0 Å². The SMILES string of the molecule is CCC(C)NCC(=O)N1CCOc2ccccc21. The summed E-state index contributed by atoms with van der Waals surface area (Å²) >= 11 is 0. The lowest BCUT2D eigenvalue weighted by molar-refractivity contribution is -0.118. The van der Waals surface area contributed by atoms with Crippen molar-refractivity contribution < 1.29 is 9.53 Å². The molecule has 1 atom stereocenters. The predicted octanol–water partition coefficient (Wildman–Crippen LogP) is 1.80. The third kappa shape index (κ3) is 2.82. The fourth-order valence-electron chi connectivity index (χ4n) is 1.93. The molecule has 0 fully saturated rings. The maximum Gasteiger partial charge on any atom is 0.241 e. The second-order valence-electron chi connectivity index (χ2n) is 4.55. The molecule has 0 saturated carbocycles. The first-order chi connectivity index (χ1) is 8.72. The van der Waals surface area contributed by atoms with Crippen molar-refractivity contribution in [3.8, 4) is 5.75 Å². The molecular weight excluding hydrogens is 228 g/mol. The molecule has 0 aromatic heterocycles. The topological polar surface area (TPSA) is 41.6 Å². The number of hydrogen-bond donors (Lipinski definition) is 1. The number of nitrogens with zero attached hydrogens (tertiary/aromatic N) is 1. The van der Waals surface area contributed by atoms with Crippen LogP contribution >= 0.6 is 0 Å². The highest BCUT2D eigenvalue weighted by Gasteiger charge is 2.22. The summed E-state index contributed by atoms with van der Waals surface area (Å²) in [6.07, 6.45) is 1.02. The van der Waals surface area contributed by atoms with Crippen LogP contribution in [0, 0.1) is 0 Å². The molecule has 4 nitrogen and oxygen atoms in total. The number of ether oxygens (including phenoxy) is 1. The Morgan fingerprint density at radius 1 is 1.50 bits per heavy atom. The number of carbonyl (C=O) groups is 1. The van der Waals surface area contributed by atoms with Gasteiger partial charge in [-0.3, -0.25) is 4.79 Å². The van der Waals surface area contributed by atoms with Gasteiger partial charge in [0, 0.05) is 6.04 Å². The third-order valence-corrected chi connectivity index (χ3v) is 3.24. The van der Waals surface area contributed by atoms with E-state index in [2.05, 4.69) is 19.2 Å². The van der Waals surface area contributed by atoms with E-state index in [1.54, 1.807) is 4.90 Å². The van der Waals surface area contributed by atoms with Crippen LogP contribution in [0.3, 0.4) is 0 Å². The number of para-hydroxylation sites is 2. The molecule has 1 amide bonds. The van der Waals surface area contributed by atoms with Gasteiger partial charge >= 0.3 is 0 Å². The quantitative estimate of drug-likeness (QED) is 0.883. The minimum atomic E-state index is 0.103. The Kier molecular flexibility index (Phi) is 4.20. The van der Waals surface area contributed by atoms with E-state index in [1.807, 2.05) is 24.3 Å². The van der Waals surface area contributed by atoms with Gasteiger partial charge in [-0.15, -0.1) is 0 Å². The second kappa shape index (κ2) is 5.87. The first kappa shape index (κ1) is 12.9. The number of carbonyl (C=O) groups excluding carboxylic acids is 1. The number of amides is 1. The molecule has 0 saturated heterocycles. The fraction of sp³-hybridized carbons (Fsp3) is 0.500. The van der Waals surface area contributed by atoms with Gasteiger partial charge in [0.15, 0.2) is 0 Å². The number of nitrogens with one attached hydrogen (secondary N) is 1. The fourth-order valence-corrected chi connectivity index (χ4v) is 1.93. The molecule has 1 heterocycles. The molecule has 1 aliphatic heterocycles. The molecule has 0 bridgehead atoms. The van der Waals surface area contributed by atoms with Gasteiger partial charge in [-0.05, 0) is 25.5 Å². The second-order valence-corrected chi connectivity index (χ2v) is 4.55. The molecule has 1 N–H and O–H groups in total. The van der Waals surface area contributed by atoms with Crippen LogP contribution in [0.4, 0.5) is 5.69 Å². The van der Waals surface area contributed by atoms with Crippen LogP contribution in [0.2, 0.25) is 0 Å². The molecule has 1 unspecified atom stereocenters. The van der Waals surface area contributed by atoms with Crippen LogP contribution < -0.4 is 15.0 Å². The predicted molar refractivity (Wildman–Crippen MR) is 72.0 cm³/mol. The van der Waals surface area contributed by atoms with Gasteiger partial charge < -0.3 is 15.0 Å². The normalized spacial score (nSPS) is 15.8. The number of rotatable bonds is 4. The van der Waals surface area contributed by atoms with Crippen molar-refractivity contribution >= 4 is 11.6 Å². The zero-order chi connectivity index (χ0) is 13.0. The van der Waals surface area contributed by atoms with Crippen molar-refractivity contribution in [1.29, 1.82) is 0 Å². The average molecular weight is 248 g/mol. The third-order valence-electron chi connectivity index (χ3n) is 3.24. The van der Waals surface area contributed by atoms with Crippen LogP contribution in [-0.4, -0.2) is 31.6 Å². The summed E-state index contributed by atoms with van der Waals surface area (Å²) < 4.78 is 5.54. The van der Waals surface area contributed by atoms with E-state index >= 15 is 0 Å². The summed E-state index contributed by atoms with van der Waals surface area (Å²) in [6, 6.07) is 8.04. The van der Waals surface area contributed by atoms with Gasteiger partial charge in [-0.2, -0.15) is 0 Å². The zero-order valence-electron chi connectivity index (χ0n) is 11.0. The monoisotopic (exact) mass is 248 g/mol. The Bertz CT molecular complexity index is 420. The van der Waals surface area contributed by atoms with E-state index in [4.69, 9.17) is 4.74 Å². The van der Waals surface area contributed by atoms with Gasteiger partial charge in [0.2, 0.25) is 5.91 Å². The Labute approximate surface area is 108 Å². The van der Waals surface area contributed by atoms with Gasteiger partial charge in [0.25, 0.3) is 0 Å². The van der Waals surface area contributed by atoms with Crippen LogP contribution in [0.25, 0.3) is 0 Å². The highest BCUT2D eigenvalue weighted by molar-refractivity contribution is 5.96. The Morgan fingerprint density at radius 2 is 2.28 bits per heavy atom. The number of anilines is 1. The number of benzene rings is 1. The van der Waals surface area contributed by atoms with Gasteiger partial charge in [0.05, 0.1) is 18.8 Å². The largest absolute Gasteiger partial charge is 0.490 e. The molecule has 1 aromatic rings. The summed E-state index contributed by atoms with van der Waals surface area (Å²) in [7, 11) is 0. The lowest BCUT2D eigenvalue weighted by Crippen LogP contribution is -2.44. The van der Waals surface area contributed by atoms with Crippen LogP contribution in [0.5, 0.6) is 5.75 Å². The first-order valence-electron chi connectivity index (χ1n) is 6.48. The van der Waals surface area contributed by atoms with Crippen LogP contribution in [0.15, 0.2) is 24.3 Å². The molecule has 0 radical (unpaired) electrons. The Morgan fingerprint density at radius 3 is 3.06 bits per heavy atom. The molecule has 1 aromatic carbocycles. The van der Waals surface area contributed by atoms with Gasteiger partial charge in [0.1, 0.15) is 12.4 Å². The molecule has 0 aliphatic carbocycles. The van der Waals surface area contributed by atoms with Crippen LogP contribution in [0.1, 0.15) is 20.3 Å². The first-order valence-corrected chi connectivity index (χ1v) is 6.48. The van der Waals surface area contributed by atoms with Crippen molar-refractivity contribution in [2.45, 2.75) is 26.3 Å². The summed E-state index contributed by atoms with van der Waals surface area (Å²) in [6.45, 7) is 5.75. The molecule has 2 rings (SSSR count). The number of fused-ring (bicyclic) bond motifs is 1. The maximum atomic E-state index is 12.2. The van der Waals surface area contributed by atoms with Crippen LogP contribution in [-0.2, 0) is 4.79 Å². The highest BCUT2D eigenvalue weighted by Crippen LogP contribution is 2.30. The molecule has 18 heavy (non-hydrogen) atoms. The molecule has 4 heteroatoms. The van der Waals surface area contributed by atoms with Crippen molar-refractivity contribution in [3.05, 3.63) is 24.3 Å². The molecule has 98 valence electrons. The highest BCUT2D eigenvalue weighted by atomic mass is 16.5. The van der Waals surface area contributed by atoms with Crippen molar-refractivity contribution in [2.75, 3.05) is 24.6 Å². The van der Waals surface area contributed by atoms with E-state index in [-0.39, 0.29) is 5.91 Å². The standard InChI is InChI=1S/C14H20N2O2/c1-3-11(2)15-10-14(17)16-8-9-18-13-7-5-4-6-12(13)16/h4-7,11,15H,3,8-10H2,1-2H3. The van der Waals surface area contributed by atoms with Gasteiger partial charge in [-0.25, -0.2) is 0 Å². The minimum absolute atomic E-state index is 0.103. The Hall–Kier alpha value is -1.55. The van der Waals surface area contributed by atoms with E-state index in [0.717, 1.165) is 17.9 Å². The zero-order valence-corrected chi connectivity index (χ0v) is 11.0. The smallest absolute Gasteiger partial charge is 0.241 e. The van der Waals surface area contributed by atoms with Gasteiger partial charge in [-0.1, -0.05) is 19.1 Å².